The third-order valence-corrected chi connectivity index (χ3v) is 3.83. The van der Waals surface area contributed by atoms with E-state index in [0.29, 0.717) is 19.7 Å². The summed E-state index contributed by atoms with van der Waals surface area (Å²) in [4.78, 5) is 26.3. The van der Waals surface area contributed by atoms with Crippen molar-refractivity contribution >= 4 is 11.9 Å². The molecule has 0 spiro atoms. The van der Waals surface area contributed by atoms with E-state index in [0.717, 1.165) is 19.4 Å². The molecule has 6 heteroatoms. The summed E-state index contributed by atoms with van der Waals surface area (Å²) in [6.07, 6.45) is 2.00. The second-order valence-corrected chi connectivity index (χ2v) is 5.58. The highest BCUT2D eigenvalue weighted by Crippen LogP contribution is 2.11. The summed E-state index contributed by atoms with van der Waals surface area (Å²) < 4.78 is 5.11. The van der Waals surface area contributed by atoms with Gasteiger partial charge >= 0.3 is 5.97 Å². The quantitative estimate of drug-likeness (QED) is 0.671. The summed E-state index contributed by atoms with van der Waals surface area (Å²) >= 11 is 0. The molecule has 1 aliphatic rings. The molecule has 0 aromatic heterocycles. The number of hydrogen-bond donors (Lipinski definition) is 2. The van der Waals surface area contributed by atoms with Gasteiger partial charge in [0.15, 0.2) is 0 Å². The zero-order valence-electron chi connectivity index (χ0n) is 13.6. The fourth-order valence-electron chi connectivity index (χ4n) is 2.66. The molecule has 1 heterocycles. The van der Waals surface area contributed by atoms with Crippen LogP contribution in [-0.4, -0.2) is 61.1 Å². The molecule has 122 valence electrons. The van der Waals surface area contributed by atoms with E-state index < -0.39 is 0 Å². The SMILES string of the molecule is CCCC(C)NC(=O)C(C)N1CCNCC1C(=O)OCC. The molecule has 0 aromatic rings. The summed E-state index contributed by atoms with van der Waals surface area (Å²) in [5, 5.41) is 6.20. The lowest BCUT2D eigenvalue weighted by Crippen LogP contribution is -2.61. The first-order valence-corrected chi connectivity index (χ1v) is 7.94. The number of esters is 1. The highest BCUT2D eigenvalue weighted by Gasteiger charge is 2.35. The van der Waals surface area contributed by atoms with E-state index in [-0.39, 0.29) is 30.0 Å². The first kappa shape index (κ1) is 17.9. The van der Waals surface area contributed by atoms with Crippen molar-refractivity contribution in [3.05, 3.63) is 0 Å². The van der Waals surface area contributed by atoms with Gasteiger partial charge in [-0.3, -0.25) is 14.5 Å². The molecule has 1 fully saturated rings. The van der Waals surface area contributed by atoms with E-state index in [4.69, 9.17) is 4.74 Å². The van der Waals surface area contributed by atoms with Gasteiger partial charge in [0, 0.05) is 25.7 Å². The van der Waals surface area contributed by atoms with Gasteiger partial charge in [-0.2, -0.15) is 0 Å². The van der Waals surface area contributed by atoms with Gasteiger partial charge < -0.3 is 15.4 Å². The van der Waals surface area contributed by atoms with Crippen LogP contribution in [0.3, 0.4) is 0 Å². The van der Waals surface area contributed by atoms with E-state index in [1.807, 2.05) is 18.7 Å². The number of piperazine rings is 1. The van der Waals surface area contributed by atoms with E-state index in [9.17, 15) is 9.59 Å². The highest BCUT2D eigenvalue weighted by molar-refractivity contribution is 5.83. The Morgan fingerprint density at radius 3 is 2.71 bits per heavy atom. The van der Waals surface area contributed by atoms with Gasteiger partial charge in [0.25, 0.3) is 0 Å². The molecule has 0 radical (unpaired) electrons. The van der Waals surface area contributed by atoms with Crippen molar-refractivity contribution in [1.82, 2.24) is 15.5 Å². The molecule has 3 unspecified atom stereocenters. The number of rotatable bonds is 7. The van der Waals surface area contributed by atoms with E-state index in [2.05, 4.69) is 17.6 Å². The van der Waals surface area contributed by atoms with Gasteiger partial charge in [0.2, 0.25) is 5.91 Å². The number of nitrogens with one attached hydrogen (secondary N) is 2. The Hall–Kier alpha value is -1.14. The summed E-state index contributed by atoms with van der Waals surface area (Å²) in [5.41, 5.74) is 0. The molecule has 0 aromatic carbocycles. The lowest BCUT2D eigenvalue weighted by atomic mass is 10.1. The maximum Gasteiger partial charge on any atom is 0.324 e. The van der Waals surface area contributed by atoms with Crippen molar-refractivity contribution < 1.29 is 14.3 Å². The summed E-state index contributed by atoms with van der Waals surface area (Å²) in [7, 11) is 0. The van der Waals surface area contributed by atoms with Crippen LogP contribution in [0, 0.1) is 0 Å². The van der Waals surface area contributed by atoms with E-state index in [1.54, 1.807) is 6.92 Å². The molecule has 6 nitrogen and oxygen atoms in total. The average Bonchev–Trinajstić information content (AvgIpc) is 2.46. The molecule has 0 aliphatic carbocycles. The monoisotopic (exact) mass is 299 g/mol. The average molecular weight is 299 g/mol. The lowest BCUT2D eigenvalue weighted by molar-refractivity contribution is -0.152. The number of carbonyl (C=O) groups is 2. The maximum atomic E-state index is 12.3. The first-order valence-electron chi connectivity index (χ1n) is 7.94. The van der Waals surface area contributed by atoms with Gasteiger partial charge in [-0.1, -0.05) is 13.3 Å². The molecular weight excluding hydrogens is 270 g/mol. The van der Waals surface area contributed by atoms with Gasteiger partial charge in [0.1, 0.15) is 6.04 Å². The van der Waals surface area contributed by atoms with Crippen LogP contribution < -0.4 is 10.6 Å². The minimum absolute atomic E-state index is 0.0212. The highest BCUT2D eigenvalue weighted by atomic mass is 16.5. The van der Waals surface area contributed by atoms with Crippen LogP contribution in [0.15, 0.2) is 0 Å². The predicted molar refractivity (Wildman–Crippen MR) is 82.0 cm³/mol. The summed E-state index contributed by atoms with van der Waals surface area (Å²) in [6.45, 7) is 10.1. The Morgan fingerprint density at radius 2 is 2.10 bits per heavy atom. The zero-order valence-corrected chi connectivity index (χ0v) is 13.6. The van der Waals surface area contributed by atoms with Crippen molar-refractivity contribution in [3.8, 4) is 0 Å². The number of nitrogens with zero attached hydrogens (tertiary/aromatic N) is 1. The van der Waals surface area contributed by atoms with Crippen LogP contribution in [0.25, 0.3) is 0 Å². The Morgan fingerprint density at radius 1 is 1.38 bits per heavy atom. The van der Waals surface area contributed by atoms with Crippen LogP contribution in [-0.2, 0) is 14.3 Å². The van der Waals surface area contributed by atoms with Crippen LogP contribution >= 0.6 is 0 Å². The minimum atomic E-state index is -0.388. The second-order valence-electron chi connectivity index (χ2n) is 5.58. The number of ether oxygens (including phenoxy) is 1. The Balaban J connectivity index is 2.65. The van der Waals surface area contributed by atoms with Gasteiger partial charge in [-0.15, -0.1) is 0 Å². The minimum Gasteiger partial charge on any atom is -0.465 e. The smallest absolute Gasteiger partial charge is 0.324 e. The molecule has 0 bridgehead atoms. The second kappa shape index (κ2) is 9.00. The van der Waals surface area contributed by atoms with Crippen LogP contribution in [0.4, 0.5) is 0 Å². The third-order valence-electron chi connectivity index (χ3n) is 3.83. The fourth-order valence-corrected chi connectivity index (χ4v) is 2.66. The largest absolute Gasteiger partial charge is 0.465 e. The Labute approximate surface area is 127 Å². The van der Waals surface area contributed by atoms with Crippen molar-refractivity contribution in [1.29, 1.82) is 0 Å². The van der Waals surface area contributed by atoms with Crippen LogP contribution in [0.5, 0.6) is 0 Å². The number of amides is 1. The summed E-state index contributed by atoms with van der Waals surface area (Å²) in [5.74, 6) is -0.280. The van der Waals surface area contributed by atoms with Crippen molar-refractivity contribution in [2.45, 2.75) is 58.7 Å². The fraction of sp³-hybridized carbons (Fsp3) is 0.867. The lowest BCUT2D eigenvalue weighted by Gasteiger charge is -2.38. The maximum absolute atomic E-state index is 12.3. The first-order chi connectivity index (χ1) is 10.0. The topological polar surface area (TPSA) is 70.7 Å². The summed E-state index contributed by atoms with van der Waals surface area (Å²) in [6, 6.07) is -0.560. The molecule has 1 saturated heterocycles. The molecule has 1 rings (SSSR count). The van der Waals surface area contributed by atoms with E-state index >= 15 is 0 Å². The molecule has 3 atom stereocenters. The van der Waals surface area contributed by atoms with E-state index in [1.165, 1.54) is 0 Å². The third kappa shape index (κ3) is 5.28. The normalized spacial score (nSPS) is 22.4. The van der Waals surface area contributed by atoms with Crippen LogP contribution in [0.2, 0.25) is 0 Å². The Kier molecular flexibility index (Phi) is 7.67. The van der Waals surface area contributed by atoms with Gasteiger partial charge in [-0.05, 0) is 27.2 Å². The molecule has 0 saturated carbocycles. The van der Waals surface area contributed by atoms with Gasteiger partial charge in [-0.25, -0.2) is 0 Å². The predicted octanol–water partition coefficient (Wildman–Crippen LogP) is 0.517. The van der Waals surface area contributed by atoms with Crippen LogP contribution in [0.1, 0.15) is 40.5 Å². The van der Waals surface area contributed by atoms with Crippen molar-refractivity contribution in [2.75, 3.05) is 26.2 Å². The number of carbonyl (C=O) groups excluding carboxylic acids is 2. The molecule has 21 heavy (non-hydrogen) atoms. The zero-order chi connectivity index (χ0) is 15.8. The molecule has 2 N–H and O–H groups in total. The van der Waals surface area contributed by atoms with Gasteiger partial charge in [0.05, 0.1) is 12.6 Å². The standard InChI is InChI=1S/C15H29N3O3/c1-5-7-11(3)17-14(19)12(4)18-9-8-16-10-13(18)15(20)21-6-2/h11-13,16H,5-10H2,1-4H3,(H,17,19). The van der Waals surface area contributed by atoms with Crippen molar-refractivity contribution in [3.63, 3.8) is 0 Å². The molecule has 1 amide bonds. The van der Waals surface area contributed by atoms with Crippen molar-refractivity contribution in [2.24, 2.45) is 0 Å². The molecular formula is C15H29N3O3. The number of hydrogen-bond acceptors (Lipinski definition) is 5. The Bertz CT molecular complexity index is 349. The molecule has 1 aliphatic heterocycles.